The molecular weight excluding hydrogens is 247 g/mol. The molecule has 18 heavy (non-hydrogen) atoms. The summed E-state index contributed by atoms with van der Waals surface area (Å²) in [4.78, 5) is 13.9. The molecule has 0 atom stereocenters. The smallest absolute Gasteiger partial charge is 0.418 e. The Kier molecular flexibility index (Phi) is 3.18. The third kappa shape index (κ3) is 2.27. The number of aldehydes is 1. The van der Waals surface area contributed by atoms with Crippen molar-refractivity contribution in [1.82, 2.24) is 4.98 Å². The Balaban J connectivity index is 2.61. The normalized spacial score (nSPS) is 11.5. The quantitative estimate of drug-likeness (QED) is 0.791. The largest absolute Gasteiger partial charge is 0.485 e. The van der Waals surface area contributed by atoms with Gasteiger partial charge in [0.2, 0.25) is 0 Å². The maximum absolute atomic E-state index is 12.8. The molecule has 2 aromatic rings. The molecule has 2 rings (SSSR count). The first-order valence-corrected chi connectivity index (χ1v) is 5.05. The van der Waals surface area contributed by atoms with E-state index in [4.69, 9.17) is 4.74 Å². The van der Waals surface area contributed by atoms with Crippen LogP contribution in [0.15, 0.2) is 30.5 Å². The highest BCUT2D eigenvalue weighted by atomic mass is 19.4. The van der Waals surface area contributed by atoms with E-state index in [2.05, 4.69) is 4.98 Å². The summed E-state index contributed by atoms with van der Waals surface area (Å²) < 4.78 is 43.4. The van der Waals surface area contributed by atoms with Crippen LogP contribution in [-0.4, -0.2) is 17.9 Å². The van der Waals surface area contributed by atoms with Gasteiger partial charge in [-0.3, -0.25) is 9.78 Å². The van der Waals surface area contributed by atoms with Gasteiger partial charge in [-0.15, -0.1) is 0 Å². The van der Waals surface area contributed by atoms with Crippen molar-refractivity contribution in [2.75, 3.05) is 6.61 Å². The second-order valence-corrected chi connectivity index (χ2v) is 3.49. The second-order valence-electron chi connectivity index (χ2n) is 3.49. The lowest BCUT2D eigenvalue weighted by Gasteiger charge is -2.11. The minimum Gasteiger partial charge on any atom is -0.485 e. The van der Waals surface area contributed by atoms with Crippen molar-refractivity contribution >= 4 is 17.2 Å². The molecule has 0 N–H and O–H groups in total. The van der Waals surface area contributed by atoms with Crippen LogP contribution >= 0.6 is 0 Å². The molecule has 0 radical (unpaired) electrons. The van der Waals surface area contributed by atoms with Gasteiger partial charge < -0.3 is 4.74 Å². The van der Waals surface area contributed by atoms with Crippen LogP contribution in [-0.2, 0) is 11.0 Å². The van der Waals surface area contributed by atoms with Gasteiger partial charge in [0.25, 0.3) is 0 Å². The van der Waals surface area contributed by atoms with Gasteiger partial charge in [0.15, 0.2) is 6.29 Å². The maximum atomic E-state index is 12.8. The summed E-state index contributed by atoms with van der Waals surface area (Å²) in [5.41, 5.74) is -1.01. The molecule has 0 amide bonds. The van der Waals surface area contributed by atoms with Gasteiger partial charge in [-0.1, -0.05) is 6.07 Å². The number of hydrogen-bond acceptors (Lipinski definition) is 3. The van der Waals surface area contributed by atoms with Crippen molar-refractivity contribution in [3.05, 3.63) is 36.0 Å². The van der Waals surface area contributed by atoms with E-state index in [0.29, 0.717) is 6.29 Å². The summed E-state index contributed by atoms with van der Waals surface area (Å²) in [5, 5.41) is 0.231. The Labute approximate surface area is 100 Å². The lowest BCUT2D eigenvalue weighted by atomic mass is 10.1. The van der Waals surface area contributed by atoms with E-state index in [1.807, 2.05) is 0 Å². The van der Waals surface area contributed by atoms with Gasteiger partial charge in [-0.05, 0) is 18.2 Å². The standard InChI is InChI=1S/C12H8F3NO2/c13-12(14,15)9-3-1-2-8-10(18-7-6-17)4-5-16-11(8)9/h1-6H,7H2. The Bertz CT molecular complexity index is 581. The van der Waals surface area contributed by atoms with E-state index in [9.17, 15) is 18.0 Å². The number of hydrogen-bond donors (Lipinski definition) is 0. The number of nitrogens with zero attached hydrogens (tertiary/aromatic N) is 1. The molecule has 0 aliphatic carbocycles. The molecule has 94 valence electrons. The highest BCUT2D eigenvalue weighted by Crippen LogP contribution is 2.36. The lowest BCUT2D eigenvalue weighted by molar-refractivity contribution is -0.136. The number of aromatic nitrogens is 1. The maximum Gasteiger partial charge on any atom is 0.418 e. The molecule has 1 aromatic heterocycles. The van der Waals surface area contributed by atoms with E-state index in [1.54, 1.807) is 0 Å². The number of carbonyl (C=O) groups is 1. The highest BCUT2D eigenvalue weighted by Gasteiger charge is 2.33. The zero-order valence-corrected chi connectivity index (χ0v) is 9.07. The fraction of sp³-hybridized carbons (Fsp3) is 0.167. The SMILES string of the molecule is O=CCOc1ccnc2c(C(F)(F)F)cccc12. The first-order valence-electron chi connectivity index (χ1n) is 5.05. The lowest BCUT2D eigenvalue weighted by Crippen LogP contribution is -2.07. The number of ether oxygens (including phenoxy) is 1. The van der Waals surface area contributed by atoms with Gasteiger partial charge in [-0.2, -0.15) is 13.2 Å². The highest BCUT2D eigenvalue weighted by molar-refractivity contribution is 5.87. The van der Waals surface area contributed by atoms with Crippen LogP contribution < -0.4 is 4.74 Å². The molecule has 3 nitrogen and oxygen atoms in total. The average molecular weight is 255 g/mol. The van der Waals surface area contributed by atoms with Crippen molar-refractivity contribution in [2.24, 2.45) is 0 Å². The molecule has 1 heterocycles. The Morgan fingerprint density at radius 1 is 1.28 bits per heavy atom. The fourth-order valence-corrected chi connectivity index (χ4v) is 1.63. The van der Waals surface area contributed by atoms with Gasteiger partial charge in [-0.25, -0.2) is 0 Å². The summed E-state index contributed by atoms with van der Waals surface area (Å²) in [5.74, 6) is 0.207. The predicted molar refractivity (Wildman–Crippen MR) is 58.3 cm³/mol. The molecule has 1 aromatic carbocycles. The number of alkyl halides is 3. The summed E-state index contributed by atoms with van der Waals surface area (Å²) in [6.07, 6.45) is -2.73. The molecule has 0 aliphatic heterocycles. The minimum atomic E-state index is -4.48. The van der Waals surface area contributed by atoms with Crippen molar-refractivity contribution in [3.8, 4) is 5.75 Å². The topological polar surface area (TPSA) is 39.2 Å². The molecular formula is C12H8F3NO2. The third-order valence-corrected chi connectivity index (χ3v) is 2.34. The molecule has 0 fully saturated rings. The van der Waals surface area contributed by atoms with Crippen LogP contribution in [0.2, 0.25) is 0 Å². The Hall–Kier alpha value is -2.11. The first kappa shape index (κ1) is 12.3. The number of fused-ring (bicyclic) bond motifs is 1. The van der Waals surface area contributed by atoms with Crippen LogP contribution in [0.4, 0.5) is 13.2 Å². The number of rotatable bonds is 3. The number of pyridine rings is 1. The molecule has 6 heteroatoms. The number of halogens is 3. The molecule has 0 aliphatic rings. The Morgan fingerprint density at radius 2 is 2.06 bits per heavy atom. The van der Waals surface area contributed by atoms with Crippen LogP contribution in [0, 0.1) is 0 Å². The summed E-state index contributed by atoms with van der Waals surface area (Å²) >= 11 is 0. The van der Waals surface area contributed by atoms with Crippen molar-refractivity contribution in [1.29, 1.82) is 0 Å². The van der Waals surface area contributed by atoms with Crippen LogP contribution in [0.5, 0.6) is 5.75 Å². The average Bonchev–Trinajstić information content (AvgIpc) is 2.34. The van der Waals surface area contributed by atoms with Crippen molar-refractivity contribution in [2.45, 2.75) is 6.18 Å². The van der Waals surface area contributed by atoms with E-state index in [1.165, 1.54) is 24.4 Å². The van der Waals surface area contributed by atoms with Gasteiger partial charge >= 0.3 is 6.18 Å². The predicted octanol–water partition coefficient (Wildman–Crippen LogP) is 2.83. The third-order valence-electron chi connectivity index (χ3n) is 2.34. The fourth-order valence-electron chi connectivity index (χ4n) is 1.63. The van der Waals surface area contributed by atoms with E-state index >= 15 is 0 Å². The monoisotopic (exact) mass is 255 g/mol. The molecule has 0 saturated heterocycles. The number of para-hydroxylation sites is 1. The zero-order valence-electron chi connectivity index (χ0n) is 9.07. The van der Waals surface area contributed by atoms with Gasteiger partial charge in [0.05, 0.1) is 11.1 Å². The summed E-state index contributed by atoms with van der Waals surface area (Å²) in [6.45, 7) is -0.213. The van der Waals surface area contributed by atoms with E-state index in [0.717, 1.165) is 6.07 Å². The first-order chi connectivity index (χ1) is 8.54. The van der Waals surface area contributed by atoms with Crippen molar-refractivity contribution < 1.29 is 22.7 Å². The Morgan fingerprint density at radius 3 is 2.72 bits per heavy atom. The van der Waals surface area contributed by atoms with Crippen LogP contribution in [0.1, 0.15) is 5.56 Å². The zero-order chi connectivity index (χ0) is 13.2. The second kappa shape index (κ2) is 4.64. The van der Waals surface area contributed by atoms with E-state index < -0.39 is 11.7 Å². The van der Waals surface area contributed by atoms with Crippen molar-refractivity contribution in [3.63, 3.8) is 0 Å². The van der Waals surface area contributed by atoms with Gasteiger partial charge in [0.1, 0.15) is 12.4 Å². The molecule has 0 spiro atoms. The summed E-state index contributed by atoms with van der Waals surface area (Å²) in [6, 6.07) is 5.13. The minimum absolute atomic E-state index is 0.187. The number of benzene rings is 1. The van der Waals surface area contributed by atoms with Crippen LogP contribution in [0.25, 0.3) is 10.9 Å². The summed E-state index contributed by atoms with van der Waals surface area (Å²) in [7, 11) is 0. The molecule has 0 saturated carbocycles. The molecule has 0 bridgehead atoms. The number of carbonyl (C=O) groups excluding carboxylic acids is 1. The van der Waals surface area contributed by atoms with E-state index in [-0.39, 0.29) is 23.3 Å². The molecule has 0 unspecified atom stereocenters. The van der Waals surface area contributed by atoms with Gasteiger partial charge in [0, 0.05) is 11.6 Å². The van der Waals surface area contributed by atoms with Crippen LogP contribution in [0.3, 0.4) is 0 Å².